The molecule has 0 spiro atoms. The minimum absolute atomic E-state index is 0.510. The molecule has 0 N–H and O–H groups in total. The lowest BCUT2D eigenvalue weighted by atomic mass is 9.87. The van der Waals surface area contributed by atoms with Crippen LogP contribution >= 0.6 is 0 Å². The van der Waals surface area contributed by atoms with Crippen molar-refractivity contribution in [2.45, 2.75) is 65.5 Å². The standard InChI is InChI=1S/C21H43N3O/c1-6-7-19(4)17-24-10-8-23(9-11-24)12-13-25-21-14-20(15-21)22(5)16-18(2)3/h18-21H,6-17H2,1-5H3/t19?,20-,21-. The van der Waals surface area contributed by atoms with Crippen LogP contribution in [-0.2, 0) is 4.74 Å². The predicted molar refractivity (Wildman–Crippen MR) is 107 cm³/mol. The van der Waals surface area contributed by atoms with Crippen molar-refractivity contribution in [1.29, 1.82) is 0 Å². The van der Waals surface area contributed by atoms with Gasteiger partial charge in [-0.3, -0.25) is 4.90 Å². The summed E-state index contributed by atoms with van der Waals surface area (Å²) in [7, 11) is 2.27. The molecule has 2 fully saturated rings. The second kappa shape index (κ2) is 10.9. The number of piperazine rings is 1. The zero-order chi connectivity index (χ0) is 18.2. The van der Waals surface area contributed by atoms with Gasteiger partial charge in [0.1, 0.15) is 0 Å². The molecule has 1 aliphatic heterocycles. The summed E-state index contributed by atoms with van der Waals surface area (Å²) < 4.78 is 6.11. The first-order chi connectivity index (χ1) is 12.0. The molecule has 1 saturated heterocycles. The molecule has 2 rings (SSSR count). The number of ether oxygens (including phenoxy) is 1. The van der Waals surface area contributed by atoms with E-state index in [-0.39, 0.29) is 0 Å². The Morgan fingerprint density at radius 1 is 1.04 bits per heavy atom. The van der Waals surface area contributed by atoms with Crippen molar-refractivity contribution >= 4 is 0 Å². The third-order valence-corrected chi connectivity index (χ3v) is 5.92. The molecule has 2 aliphatic rings. The van der Waals surface area contributed by atoms with Gasteiger partial charge in [0.25, 0.3) is 0 Å². The van der Waals surface area contributed by atoms with Gasteiger partial charge in [0, 0.05) is 51.9 Å². The van der Waals surface area contributed by atoms with E-state index >= 15 is 0 Å². The molecule has 1 heterocycles. The molecule has 4 heteroatoms. The Labute approximate surface area is 156 Å². The van der Waals surface area contributed by atoms with Gasteiger partial charge >= 0.3 is 0 Å². The molecule has 0 aromatic heterocycles. The van der Waals surface area contributed by atoms with Crippen molar-refractivity contribution in [2.24, 2.45) is 11.8 Å². The van der Waals surface area contributed by atoms with Crippen molar-refractivity contribution in [3.05, 3.63) is 0 Å². The van der Waals surface area contributed by atoms with E-state index in [1.54, 1.807) is 0 Å². The molecular formula is C21H43N3O. The van der Waals surface area contributed by atoms with E-state index in [9.17, 15) is 0 Å². The molecule has 4 nitrogen and oxygen atoms in total. The lowest BCUT2D eigenvalue weighted by molar-refractivity contribution is -0.0543. The van der Waals surface area contributed by atoms with Crippen molar-refractivity contribution in [3.63, 3.8) is 0 Å². The molecule has 1 aliphatic carbocycles. The van der Waals surface area contributed by atoms with Crippen LogP contribution in [0.1, 0.15) is 53.4 Å². The highest BCUT2D eigenvalue weighted by Gasteiger charge is 2.32. The SMILES string of the molecule is CCCC(C)CN1CCN(CCO[C@H]2C[C@H](N(C)CC(C)C)C2)CC1. The van der Waals surface area contributed by atoms with Gasteiger partial charge in [0.15, 0.2) is 0 Å². The maximum atomic E-state index is 6.11. The minimum Gasteiger partial charge on any atom is -0.377 e. The van der Waals surface area contributed by atoms with Gasteiger partial charge in [-0.2, -0.15) is 0 Å². The summed E-state index contributed by atoms with van der Waals surface area (Å²) in [6, 6.07) is 0.751. The predicted octanol–water partition coefficient (Wildman–Crippen LogP) is 3.18. The van der Waals surface area contributed by atoms with Crippen molar-refractivity contribution in [1.82, 2.24) is 14.7 Å². The molecule has 0 aromatic rings. The molecule has 0 aromatic carbocycles. The van der Waals surface area contributed by atoms with Crippen LogP contribution in [0.5, 0.6) is 0 Å². The Balaban J connectivity index is 1.49. The fourth-order valence-corrected chi connectivity index (χ4v) is 4.33. The first-order valence-electron chi connectivity index (χ1n) is 10.7. The molecule has 0 amide bonds. The molecule has 148 valence electrons. The van der Waals surface area contributed by atoms with Crippen LogP contribution in [0.15, 0.2) is 0 Å². The van der Waals surface area contributed by atoms with Crippen molar-refractivity contribution in [2.75, 3.05) is 59.5 Å². The highest BCUT2D eigenvalue weighted by molar-refractivity contribution is 4.87. The van der Waals surface area contributed by atoms with Crippen LogP contribution in [0.25, 0.3) is 0 Å². The number of nitrogens with zero attached hydrogens (tertiary/aromatic N) is 3. The summed E-state index contributed by atoms with van der Waals surface area (Å²) >= 11 is 0. The van der Waals surface area contributed by atoms with E-state index in [1.165, 1.54) is 65.0 Å². The minimum atomic E-state index is 0.510. The third-order valence-electron chi connectivity index (χ3n) is 5.92. The van der Waals surface area contributed by atoms with Gasteiger partial charge in [-0.1, -0.05) is 34.1 Å². The van der Waals surface area contributed by atoms with Crippen LogP contribution in [0.2, 0.25) is 0 Å². The Bertz CT molecular complexity index is 349. The highest BCUT2D eigenvalue weighted by atomic mass is 16.5. The maximum Gasteiger partial charge on any atom is 0.0605 e. The van der Waals surface area contributed by atoms with E-state index in [1.807, 2.05) is 0 Å². The normalized spacial score (nSPS) is 27.0. The second-order valence-corrected chi connectivity index (χ2v) is 8.99. The lowest BCUT2D eigenvalue weighted by Crippen LogP contribution is -2.50. The van der Waals surface area contributed by atoms with E-state index in [2.05, 4.69) is 49.4 Å². The number of hydrogen-bond donors (Lipinski definition) is 0. The molecule has 0 radical (unpaired) electrons. The number of rotatable bonds is 11. The summed E-state index contributed by atoms with van der Waals surface area (Å²) in [6.45, 7) is 18.7. The molecule has 1 atom stereocenters. The van der Waals surface area contributed by atoms with E-state index < -0.39 is 0 Å². The monoisotopic (exact) mass is 353 g/mol. The van der Waals surface area contributed by atoms with Crippen LogP contribution in [0, 0.1) is 11.8 Å². The second-order valence-electron chi connectivity index (χ2n) is 8.99. The summed E-state index contributed by atoms with van der Waals surface area (Å²) in [5.41, 5.74) is 0. The first kappa shape index (κ1) is 21.1. The van der Waals surface area contributed by atoms with Gasteiger partial charge in [-0.05, 0) is 38.1 Å². The molecule has 0 bridgehead atoms. The molecule has 1 saturated carbocycles. The average Bonchev–Trinajstić information content (AvgIpc) is 2.50. The number of hydrogen-bond acceptors (Lipinski definition) is 4. The molecular weight excluding hydrogens is 310 g/mol. The highest BCUT2D eigenvalue weighted by Crippen LogP contribution is 2.28. The quantitative estimate of drug-likeness (QED) is 0.568. The maximum absolute atomic E-state index is 6.11. The van der Waals surface area contributed by atoms with Gasteiger partial charge in [0.2, 0.25) is 0 Å². The Kier molecular flexibility index (Phi) is 9.18. The summed E-state index contributed by atoms with van der Waals surface area (Å²) in [4.78, 5) is 7.75. The smallest absolute Gasteiger partial charge is 0.0605 e. The third kappa shape index (κ3) is 7.54. The largest absolute Gasteiger partial charge is 0.377 e. The van der Waals surface area contributed by atoms with Crippen LogP contribution in [-0.4, -0.2) is 86.3 Å². The van der Waals surface area contributed by atoms with Gasteiger partial charge in [-0.25, -0.2) is 0 Å². The topological polar surface area (TPSA) is 19.0 Å². The van der Waals surface area contributed by atoms with E-state index in [0.717, 1.165) is 31.0 Å². The Morgan fingerprint density at radius 2 is 1.68 bits per heavy atom. The fraction of sp³-hybridized carbons (Fsp3) is 1.00. The van der Waals surface area contributed by atoms with E-state index in [0.29, 0.717) is 6.10 Å². The Hall–Kier alpha value is -0.160. The zero-order valence-electron chi connectivity index (χ0n) is 17.5. The zero-order valence-corrected chi connectivity index (χ0v) is 17.5. The summed E-state index contributed by atoms with van der Waals surface area (Å²) in [6.07, 6.45) is 5.64. The van der Waals surface area contributed by atoms with Gasteiger partial charge in [0.05, 0.1) is 12.7 Å². The average molecular weight is 354 g/mol. The van der Waals surface area contributed by atoms with Crippen LogP contribution in [0.4, 0.5) is 0 Å². The molecule has 25 heavy (non-hydrogen) atoms. The molecule has 1 unspecified atom stereocenters. The van der Waals surface area contributed by atoms with Gasteiger partial charge < -0.3 is 14.5 Å². The van der Waals surface area contributed by atoms with Gasteiger partial charge in [-0.15, -0.1) is 0 Å². The lowest BCUT2D eigenvalue weighted by Gasteiger charge is -2.42. The first-order valence-corrected chi connectivity index (χ1v) is 10.7. The summed E-state index contributed by atoms with van der Waals surface area (Å²) in [5.74, 6) is 1.61. The van der Waals surface area contributed by atoms with Crippen LogP contribution in [0.3, 0.4) is 0 Å². The fourth-order valence-electron chi connectivity index (χ4n) is 4.33. The Morgan fingerprint density at radius 3 is 2.28 bits per heavy atom. The summed E-state index contributed by atoms with van der Waals surface area (Å²) in [5, 5.41) is 0. The van der Waals surface area contributed by atoms with Crippen molar-refractivity contribution < 1.29 is 4.74 Å². The van der Waals surface area contributed by atoms with Crippen molar-refractivity contribution in [3.8, 4) is 0 Å². The van der Waals surface area contributed by atoms with Crippen LogP contribution < -0.4 is 0 Å². The van der Waals surface area contributed by atoms with E-state index in [4.69, 9.17) is 4.74 Å².